The lowest BCUT2D eigenvalue weighted by Gasteiger charge is -2.32. The van der Waals surface area contributed by atoms with Crippen molar-refractivity contribution < 1.29 is 65.8 Å². The third kappa shape index (κ3) is 6.87. The molecule has 1 fully saturated rings. The maximum Gasteiger partial charge on any atom is 0.490 e. The van der Waals surface area contributed by atoms with Crippen molar-refractivity contribution in [3.63, 3.8) is 0 Å². The second-order valence-corrected chi connectivity index (χ2v) is 9.97. The van der Waals surface area contributed by atoms with Gasteiger partial charge in [-0.2, -0.15) is 8.62 Å². The van der Waals surface area contributed by atoms with Crippen LogP contribution in [0.1, 0.15) is 0 Å². The summed E-state index contributed by atoms with van der Waals surface area (Å²) in [6.45, 7) is -1.07. The van der Waals surface area contributed by atoms with Gasteiger partial charge in [-0.15, -0.1) is 0 Å². The Morgan fingerprint density at radius 1 is 1.17 bits per heavy atom. The van der Waals surface area contributed by atoms with E-state index in [9.17, 15) is 33.2 Å². The quantitative estimate of drug-likeness (QED) is 0.187. The molecule has 2 aliphatic heterocycles. The van der Waals surface area contributed by atoms with Gasteiger partial charge in [-0.3, -0.25) is 4.52 Å². The van der Waals surface area contributed by atoms with E-state index in [1.165, 1.54) is 6.08 Å². The number of aliphatic imine (C=N–C) groups is 1. The highest BCUT2D eigenvalue weighted by Crippen LogP contribution is 2.66. The molecule has 168 valence electrons. The summed E-state index contributed by atoms with van der Waals surface area (Å²) in [5.74, 6) is -0.0630. The highest BCUT2D eigenvalue weighted by atomic mass is 31.3. The van der Waals surface area contributed by atoms with Crippen molar-refractivity contribution in [1.29, 1.82) is 0 Å². The molecule has 8 N–H and O–H groups in total. The molecule has 20 heteroatoms. The molecule has 0 spiro atoms. The van der Waals surface area contributed by atoms with E-state index < -0.39 is 61.0 Å². The molecule has 7 atom stereocenters. The average molecular weight is 487 g/mol. The Kier molecular flexibility index (Phi) is 7.41. The lowest BCUT2D eigenvalue weighted by Crippen LogP contribution is -2.46. The first-order valence-electron chi connectivity index (χ1n) is 7.33. The van der Waals surface area contributed by atoms with Crippen LogP contribution in [0.4, 0.5) is 4.39 Å². The first-order valence-corrected chi connectivity index (χ1v) is 11.9. The van der Waals surface area contributed by atoms with Gasteiger partial charge in [-0.25, -0.2) is 23.1 Å². The Morgan fingerprint density at radius 3 is 2.34 bits per heavy atom. The number of aliphatic hydroxyl groups is 2. The molecule has 2 rings (SSSR count). The second-order valence-electron chi connectivity index (χ2n) is 5.55. The summed E-state index contributed by atoms with van der Waals surface area (Å²) in [5, 5.41) is 19.6. The van der Waals surface area contributed by atoms with Crippen molar-refractivity contribution in [3.8, 4) is 0 Å². The number of hydrogen-bond acceptors (Lipinski definition) is 12. The van der Waals surface area contributed by atoms with E-state index in [4.69, 9.17) is 25.2 Å². The van der Waals surface area contributed by atoms with Crippen LogP contribution >= 0.6 is 23.5 Å². The Labute approximate surface area is 161 Å². The molecule has 1 saturated heterocycles. The highest BCUT2D eigenvalue weighted by molar-refractivity contribution is 7.66. The van der Waals surface area contributed by atoms with Gasteiger partial charge in [0.15, 0.2) is 12.4 Å². The number of hydrogen-bond donors (Lipinski definition) is 7. The maximum atomic E-state index is 14.3. The molecule has 16 nitrogen and oxygen atoms in total. The lowest BCUT2D eigenvalue weighted by molar-refractivity contribution is -0.120. The molecule has 7 unspecified atom stereocenters. The third-order valence-electron chi connectivity index (χ3n) is 3.35. The predicted molar refractivity (Wildman–Crippen MR) is 88.0 cm³/mol. The van der Waals surface area contributed by atoms with E-state index in [0.29, 0.717) is 0 Å². The Morgan fingerprint density at radius 2 is 1.79 bits per heavy atom. The number of nitrogens with two attached hydrogens (primary N) is 1. The number of ether oxygens (including phenoxy) is 1. The summed E-state index contributed by atoms with van der Waals surface area (Å²) in [6, 6.07) is 0. The van der Waals surface area contributed by atoms with E-state index in [1.54, 1.807) is 0 Å². The number of halogens is 1. The first-order chi connectivity index (χ1) is 13.1. The molecule has 0 aromatic heterocycles. The van der Waals surface area contributed by atoms with Crippen LogP contribution in [0.15, 0.2) is 17.3 Å². The molecule has 0 aromatic carbocycles. The van der Waals surface area contributed by atoms with Crippen molar-refractivity contribution in [1.82, 2.24) is 4.90 Å². The van der Waals surface area contributed by atoms with Crippen molar-refractivity contribution in [2.75, 3.05) is 6.61 Å². The molecule has 0 saturated carbocycles. The molecule has 0 bridgehead atoms. The molecule has 29 heavy (non-hydrogen) atoms. The zero-order valence-corrected chi connectivity index (χ0v) is 16.7. The van der Waals surface area contributed by atoms with E-state index in [1.807, 2.05) is 0 Å². The minimum Gasteiger partial charge on any atom is -0.387 e. The van der Waals surface area contributed by atoms with Gasteiger partial charge in [0, 0.05) is 6.20 Å². The van der Waals surface area contributed by atoms with Gasteiger partial charge >= 0.3 is 23.5 Å². The number of aliphatic hydroxyl groups excluding tert-OH is 2. The number of phosphoric ester groups is 1. The molecule has 2 heterocycles. The standard InChI is InChI=1S/C9H17FN3O13P3/c10-6-7(14)4(24-8(6)13-2-1-5(11)12-9(13)15)3-23-28(19,20)26-29(21,22)25-27(16,17)18/h1-2,4,6-9,14-15H,3H2,(H2,11,12)(H,19,20)(H,21,22)(H2,16,17,18). The molecule has 0 radical (unpaired) electrons. The number of alkyl halides is 1. The fourth-order valence-corrected chi connectivity index (χ4v) is 5.28. The van der Waals surface area contributed by atoms with Crippen LogP contribution in [0.5, 0.6) is 0 Å². The predicted octanol–water partition coefficient (Wildman–Crippen LogP) is -1.78. The zero-order valence-electron chi connectivity index (χ0n) is 14.0. The van der Waals surface area contributed by atoms with Gasteiger partial charge in [0.05, 0.1) is 6.61 Å². The largest absolute Gasteiger partial charge is 0.490 e. The highest BCUT2D eigenvalue weighted by Gasteiger charge is 2.49. The smallest absolute Gasteiger partial charge is 0.387 e. The molecule has 0 aromatic rings. The molecular formula is C9H17FN3O13P3. The van der Waals surface area contributed by atoms with E-state index >= 15 is 0 Å². The monoisotopic (exact) mass is 487 g/mol. The molecular weight excluding hydrogens is 470 g/mol. The number of rotatable bonds is 8. The molecule has 2 aliphatic rings. The number of nitrogens with zero attached hydrogens (tertiary/aromatic N) is 2. The van der Waals surface area contributed by atoms with Crippen LogP contribution in [-0.2, 0) is 31.6 Å². The number of amidine groups is 1. The number of phosphoric acid groups is 3. The lowest BCUT2D eigenvalue weighted by atomic mass is 10.1. The van der Waals surface area contributed by atoms with Crippen molar-refractivity contribution in [3.05, 3.63) is 12.3 Å². The van der Waals surface area contributed by atoms with Crippen LogP contribution in [0.2, 0.25) is 0 Å². The second kappa shape index (κ2) is 8.77. The molecule has 0 aliphatic carbocycles. The van der Waals surface area contributed by atoms with Gasteiger partial charge in [0.1, 0.15) is 18.0 Å². The van der Waals surface area contributed by atoms with Gasteiger partial charge in [0.2, 0.25) is 6.35 Å². The minimum atomic E-state index is -5.73. The summed E-state index contributed by atoms with van der Waals surface area (Å²) in [5.41, 5.74) is 5.36. The Bertz CT molecular complexity index is 819. The van der Waals surface area contributed by atoms with Crippen LogP contribution < -0.4 is 5.73 Å². The fourth-order valence-electron chi connectivity index (χ4n) is 2.25. The summed E-state index contributed by atoms with van der Waals surface area (Å²) in [4.78, 5) is 39.6. The van der Waals surface area contributed by atoms with Crippen LogP contribution in [0, 0.1) is 0 Å². The van der Waals surface area contributed by atoms with Crippen LogP contribution in [-0.4, -0.2) is 78.1 Å². The van der Waals surface area contributed by atoms with Crippen molar-refractivity contribution >= 4 is 29.3 Å². The molecule has 0 amide bonds. The normalized spacial score (nSPS) is 34.5. The van der Waals surface area contributed by atoms with Gasteiger partial charge in [0.25, 0.3) is 0 Å². The van der Waals surface area contributed by atoms with Gasteiger partial charge < -0.3 is 45.2 Å². The van der Waals surface area contributed by atoms with Crippen molar-refractivity contribution in [2.45, 2.75) is 31.0 Å². The summed E-state index contributed by atoms with van der Waals surface area (Å²) >= 11 is 0. The summed E-state index contributed by atoms with van der Waals surface area (Å²) < 4.78 is 64.2. The van der Waals surface area contributed by atoms with E-state index in [-0.39, 0.29) is 5.84 Å². The third-order valence-corrected chi connectivity index (χ3v) is 7.16. The summed E-state index contributed by atoms with van der Waals surface area (Å²) in [7, 11) is -16.8. The van der Waals surface area contributed by atoms with Gasteiger partial charge in [-0.05, 0) is 6.08 Å². The Hall–Kier alpha value is -0.770. The van der Waals surface area contributed by atoms with Crippen molar-refractivity contribution in [2.24, 2.45) is 10.7 Å². The SMILES string of the molecule is NC1=NC(O)N(C2OC(COP(=O)(O)OP(=O)(O)OP(=O)(O)O)C(O)C2F)C=C1. The van der Waals surface area contributed by atoms with E-state index in [0.717, 1.165) is 11.1 Å². The van der Waals surface area contributed by atoms with Crippen LogP contribution in [0.3, 0.4) is 0 Å². The zero-order chi connectivity index (χ0) is 22.2. The fraction of sp³-hybridized carbons (Fsp3) is 0.667. The van der Waals surface area contributed by atoms with E-state index in [2.05, 4.69) is 18.1 Å². The minimum absolute atomic E-state index is 0.0630. The average Bonchev–Trinajstić information content (AvgIpc) is 2.78. The van der Waals surface area contributed by atoms with Crippen LogP contribution in [0.25, 0.3) is 0 Å². The van der Waals surface area contributed by atoms with Gasteiger partial charge in [-0.1, -0.05) is 0 Å². The topological polar surface area (TPSA) is 251 Å². The Balaban J connectivity index is 1.98. The first kappa shape index (κ1) is 24.5. The summed E-state index contributed by atoms with van der Waals surface area (Å²) in [6.07, 6.45) is -6.63. The maximum absolute atomic E-state index is 14.3.